The van der Waals surface area contributed by atoms with Crippen LogP contribution < -0.4 is 0 Å². The molecule has 1 unspecified atom stereocenters. The zero-order valence-electron chi connectivity index (χ0n) is 17.5. The third kappa shape index (κ3) is 4.54. The third-order valence-corrected chi connectivity index (χ3v) is 5.80. The van der Waals surface area contributed by atoms with Crippen LogP contribution in [0.25, 0.3) is 5.57 Å². The lowest BCUT2D eigenvalue weighted by molar-refractivity contribution is -0.156. The molecule has 1 aliphatic heterocycles. The van der Waals surface area contributed by atoms with Crippen LogP contribution in [0.1, 0.15) is 64.5 Å². The number of benzene rings is 1. The van der Waals surface area contributed by atoms with Gasteiger partial charge in [0.05, 0.1) is 12.5 Å². The van der Waals surface area contributed by atoms with Gasteiger partial charge in [0.1, 0.15) is 11.9 Å². The van der Waals surface area contributed by atoms with E-state index in [0.29, 0.717) is 12.0 Å². The number of carbonyl (C=O) groups is 1. The molecule has 1 aromatic rings. The molecule has 2 atom stereocenters. The van der Waals surface area contributed by atoms with Crippen molar-refractivity contribution in [3.8, 4) is 0 Å². The monoisotopic (exact) mass is 386 g/mol. The summed E-state index contributed by atoms with van der Waals surface area (Å²) in [4.78, 5) is 11.6. The van der Waals surface area contributed by atoms with E-state index in [4.69, 9.17) is 4.74 Å². The highest BCUT2D eigenvalue weighted by Crippen LogP contribution is 2.52. The lowest BCUT2D eigenvalue weighted by Crippen LogP contribution is -2.32. The van der Waals surface area contributed by atoms with E-state index in [1.54, 1.807) is 6.92 Å². The zero-order valence-corrected chi connectivity index (χ0v) is 17.5. The predicted octanol–water partition coefficient (Wildman–Crippen LogP) is 5.36. The Hall–Kier alpha value is -1.94. The van der Waals surface area contributed by atoms with Crippen LogP contribution >= 0.6 is 0 Å². The number of hydrogen-bond donors (Lipinski definition) is 1. The number of aliphatic hydroxyl groups excluding tert-OH is 1. The van der Waals surface area contributed by atoms with Gasteiger partial charge in [-0.05, 0) is 71.1 Å². The van der Waals surface area contributed by atoms with Crippen LogP contribution in [-0.4, -0.2) is 23.3 Å². The molecular weight excluding hydrogens is 355 g/mol. The second-order valence-electron chi connectivity index (χ2n) is 9.74. The lowest BCUT2D eigenvalue weighted by Gasteiger charge is -2.43. The van der Waals surface area contributed by atoms with Crippen molar-refractivity contribution in [2.24, 2.45) is 10.8 Å². The van der Waals surface area contributed by atoms with Crippen LogP contribution in [0.4, 0.5) is 4.39 Å². The third-order valence-electron chi connectivity index (χ3n) is 5.80. The molecule has 1 aliphatic carbocycles. The van der Waals surface area contributed by atoms with E-state index in [2.05, 4.69) is 33.8 Å². The van der Waals surface area contributed by atoms with Crippen LogP contribution in [0, 0.1) is 23.6 Å². The normalized spacial score (nSPS) is 27.2. The summed E-state index contributed by atoms with van der Waals surface area (Å²) in [5.74, 6) is -0.556. The number of esters is 1. The molecule has 3 rings (SSSR count). The average Bonchev–Trinajstić information content (AvgIpc) is 2.53. The Morgan fingerprint density at radius 3 is 2.61 bits per heavy atom. The molecule has 1 saturated heterocycles. The van der Waals surface area contributed by atoms with Gasteiger partial charge in [-0.2, -0.15) is 0 Å². The van der Waals surface area contributed by atoms with Gasteiger partial charge >= 0.3 is 5.97 Å². The number of cyclic esters (lactones) is 1. The Morgan fingerprint density at radius 1 is 1.25 bits per heavy atom. The maximum absolute atomic E-state index is 13.8. The summed E-state index contributed by atoms with van der Waals surface area (Å²) < 4.78 is 19.2. The van der Waals surface area contributed by atoms with Gasteiger partial charge in [-0.15, -0.1) is 0 Å². The summed E-state index contributed by atoms with van der Waals surface area (Å²) in [6.07, 6.45) is 5.29. The van der Waals surface area contributed by atoms with Gasteiger partial charge < -0.3 is 9.84 Å². The Balaban J connectivity index is 2.04. The lowest BCUT2D eigenvalue weighted by atomic mass is 9.61. The first-order chi connectivity index (χ1) is 13.0. The topological polar surface area (TPSA) is 46.5 Å². The minimum Gasteiger partial charge on any atom is -0.458 e. The predicted molar refractivity (Wildman–Crippen MR) is 109 cm³/mol. The van der Waals surface area contributed by atoms with Crippen molar-refractivity contribution in [2.45, 2.75) is 72.5 Å². The number of ether oxygens (including phenoxy) is 1. The van der Waals surface area contributed by atoms with Crippen molar-refractivity contribution in [3.63, 3.8) is 0 Å². The Bertz CT molecular complexity index is 832. The molecule has 152 valence electrons. The molecular formula is C24H31FO3. The summed E-state index contributed by atoms with van der Waals surface area (Å²) in [5.41, 5.74) is 4.13. The minimum atomic E-state index is -0.651. The Kier molecular flexibility index (Phi) is 5.55. The molecule has 0 aromatic heterocycles. The van der Waals surface area contributed by atoms with Crippen molar-refractivity contribution < 1.29 is 19.0 Å². The number of allylic oxidation sites excluding steroid dienone is 3. The SMILES string of the molecule is Cc1cc(C2=C(/C=C/C3C[C@@H](O)CC(=O)O3)C(C)(C)CC(C)(C)C2)ccc1F. The molecule has 4 heteroatoms. The summed E-state index contributed by atoms with van der Waals surface area (Å²) in [7, 11) is 0. The second kappa shape index (κ2) is 7.47. The zero-order chi connectivity index (χ0) is 20.7. The minimum absolute atomic E-state index is 0.0623. The molecule has 2 aliphatic rings. The molecule has 3 nitrogen and oxygen atoms in total. The Morgan fingerprint density at radius 2 is 1.96 bits per heavy atom. The van der Waals surface area contributed by atoms with Crippen molar-refractivity contribution in [2.75, 3.05) is 0 Å². The van der Waals surface area contributed by atoms with Crippen LogP contribution in [-0.2, 0) is 9.53 Å². The van der Waals surface area contributed by atoms with Gasteiger partial charge in [0.25, 0.3) is 0 Å². The molecule has 0 amide bonds. The van der Waals surface area contributed by atoms with E-state index in [9.17, 15) is 14.3 Å². The highest BCUT2D eigenvalue weighted by Gasteiger charge is 2.38. The van der Waals surface area contributed by atoms with Crippen molar-refractivity contribution in [1.82, 2.24) is 0 Å². The maximum Gasteiger partial charge on any atom is 0.309 e. The van der Waals surface area contributed by atoms with Gasteiger partial charge in [0.15, 0.2) is 0 Å². The second-order valence-corrected chi connectivity index (χ2v) is 9.74. The summed E-state index contributed by atoms with van der Waals surface area (Å²) >= 11 is 0. The highest BCUT2D eigenvalue weighted by molar-refractivity contribution is 5.74. The van der Waals surface area contributed by atoms with E-state index < -0.39 is 12.2 Å². The number of halogens is 1. The molecule has 0 spiro atoms. The summed E-state index contributed by atoms with van der Waals surface area (Å²) in [6.45, 7) is 10.8. The molecule has 0 radical (unpaired) electrons. The van der Waals surface area contributed by atoms with E-state index in [1.165, 1.54) is 17.2 Å². The number of carbonyl (C=O) groups excluding carboxylic acids is 1. The van der Waals surface area contributed by atoms with E-state index in [1.807, 2.05) is 18.2 Å². The smallest absolute Gasteiger partial charge is 0.309 e. The van der Waals surface area contributed by atoms with Crippen molar-refractivity contribution in [3.05, 3.63) is 52.9 Å². The van der Waals surface area contributed by atoms with E-state index in [0.717, 1.165) is 18.4 Å². The number of hydrogen-bond acceptors (Lipinski definition) is 3. The molecule has 1 aromatic carbocycles. The first-order valence-corrected chi connectivity index (χ1v) is 10.0. The average molecular weight is 387 g/mol. The molecule has 28 heavy (non-hydrogen) atoms. The fraction of sp³-hybridized carbons (Fsp3) is 0.542. The van der Waals surface area contributed by atoms with Crippen LogP contribution in [0.2, 0.25) is 0 Å². The van der Waals surface area contributed by atoms with E-state index >= 15 is 0 Å². The summed E-state index contributed by atoms with van der Waals surface area (Å²) in [6, 6.07) is 5.31. The van der Waals surface area contributed by atoms with Crippen LogP contribution in [0.5, 0.6) is 0 Å². The van der Waals surface area contributed by atoms with Gasteiger partial charge in [-0.25, -0.2) is 4.39 Å². The van der Waals surface area contributed by atoms with Crippen LogP contribution in [0.3, 0.4) is 0 Å². The highest BCUT2D eigenvalue weighted by atomic mass is 19.1. The van der Waals surface area contributed by atoms with Gasteiger partial charge in [-0.1, -0.05) is 39.8 Å². The Labute approximate surface area is 167 Å². The molecule has 0 bridgehead atoms. The first-order valence-electron chi connectivity index (χ1n) is 10.0. The maximum atomic E-state index is 13.8. The summed E-state index contributed by atoms with van der Waals surface area (Å²) in [5, 5.41) is 9.86. The van der Waals surface area contributed by atoms with Gasteiger partial charge in [-0.3, -0.25) is 4.79 Å². The molecule has 0 saturated carbocycles. The fourth-order valence-corrected chi connectivity index (χ4v) is 4.88. The number of aryl methyl sites for hydroxylation is 1. The van der Waals surface area contributed by atoms with Crippen molar-refractivity contribution >= 4 is 11.5 Å². The largest absolute Gasteiger partial charge is 0.458 e. The fourth-order valence-electron chi connectivity index (χ4n) is 4.88. The number of aliphatic hydroxyl groups is 1. The van der Waals surface area contributed by atoms with Crippen LogP contribution in [0.15, 0.2) is 35.9 Å². The molecule has 1 fully saturated rings. The van der Waals surface area contributed by atoms with Gasteiger partial charge in [0.2, 0.25) is 0 Å². The number of rotatable bonds is 3. The molecule has 1 heterocycles. The van der Waals surface area contributed by atoms with Crippen molar-refractivity contribution in [1.29, 1.82) is 0 Å². The standard InChI is InChI=1S/C24H31FO3/c1-15-10-16(6-9-21(15)25)19-13-23(2,3)14-24(4,5)20(19)8-7-18-11-17(26)12-22(27)28-18/h6-10,17-18,26H,11-14H2,1-5H3/b8-7+/t17-,18?/m1/s1. The van der Waals surface area contributed by atoms with Gasteiger partial charge in [0, 0.05) is 6.42 Å². The molecule has 1 N–H and O–H groups in total. The quantitative estimate of drug-likeness (QED) is 0.712. The first kappa shape index (κ1) is 20.8. The van der Waals surface area contributed by atoms with E-state index in [-0.39, 0.29) is 29.0 Å².